The third-order valence-electron chi connectivity index (χ3n) is 5.81. The minimum absolute atomic E-state index is 0.0203. The minimum Gasteiger partial charge on any atom is -0.495 e. The maximum atomic E-state index is 13.2. The SMILES string of the molecule is COc1cc(N2CCN(C(=O)Cn3nc(C(F)(F)F)c(Cl)c3C)C(CCS(C)(=O)=O)C2)ccc1Cl. The third kappa shape index (κ3) is 6.53. The maximum Gasteiger partial charge on any atom is 0.436 e. The van der Waals surface area contributed by atoms with Gasteiger partial charge < -0.3 is 14.5 Å². The molecule has 1 aromatic heterocycles. The smallest absolute Gasteiger partial charge is 0.436 e. The molecule has 0 N–H and O–H groups in total. The molecule has 1 atom stereocenters. The van der Waals surface area contributed by atoms with Gasteiger partial charge in [0, 0.05) is 37.6 Å². The summed E-state index contributed by atoms with van der Waals surface area (Å²) >= 11 is 11.9. The van der Waals surface area contributed by atoms with Gasteiger partial charge in [-0.1, -0.05) is 23.2 Å². The average Bonchev–Trinajstić information content (AvgIpc) is 3.06. The maximum absolute atomic E-state index is 13.2. The third-order valence-corrected chi connectivity index (χ3v) is 7.55. The molecule has 14 heteroatoms. The van der Waals surface area contributed by atoms with E-state index in [4.69, 9.17) is 27.9 Å². The van der Waals surface area contributed by atoms with Gasteiger partial charge in [0.1, 0.15) is 22.1 Å². The summed E-state index contributed by atoms with van der Waals surface area (Å²) < 4.78 is 69.3. The van der Waals surface area contributed by atoms with E-state index in [0.717, 1.165) is 16.6 Å². The van der Waals surface area contributed by atoms with Gasteiger partial charge in [-0.05, 0) is 25.5 Å². The molecule has 1 aliphatic heterocycles. The van der Waals surface area contributed by atoms with Crippen LogP contribution in [0.1, 0.15) is 17.8 Å². The molecule has 35 heavy (non-hydrogen) atoms. The Morgan fingerprint density at radius 2 is 1.94 bits per heavy atom. The van der Waals surface area contributed by atoms with Crippen LogP contribution in [0.5, 0.6) is 5.75 Å². The summed E-state index contributed by atoms with van der Waals surface area (Å²) in [6.07, 6.45) is -3.48. The number of ether oxygens (including phenoxy) is 1. The van der Waals surface area contributed by atoms with Crippen molar-refractivity contribution in [2.75, 3.05) is 43.7 Å². The summed E-state index contributed by atoms with van der Waals surface area (Å²) in [6.45, 7) is 1.87. The van der Waals surface area contributed by atoms with Crippen molar-refractivity contribution in [2.24, 2.45) is 0 Å². The number of hydrogen-bond donors (Lipinski definition) is 0. The van der Waals surface area contributed by atoms with Gasteiger partial charge in [0.25, 0.3) is 0 Å². The highest BCUT2D eigenvalue weighted by Crippen LogP contribution is 2.35. The van der Waals surface area contributed by atoms with E-state index in [2.05, 4.69) is 5.10 Å². The van der Waals surface area contributed by atoms with Crippen LogP contribution in [0.15, 0.2) is 18.2 Å². The van der Waals surface area contributed by atoms with Gasteiger partial charge >= 0.3 is 6.18 Å². The quantitative estimate of drug-likeness (QED) is 0.517. The number of nitrogens with zero attached hydrogens (tertiary/aromatic N) is 4. The predicted molar refractivity (Wildman–Crippen MR) is 127 cm³/mol. The van der Waals surface area contributed by atoms with Crippen molar-refractivity contribution in [3.8, 4) is 5.75 Å². The first-order valence-electron chi connectivity index (χ1n) is 10.6. The number of hydrogen-bond acceptors (Lipinski definition) is 6. The number of alkyl halides is 3. The highest BCUT2D eigenvalue weighted by molar-refractivity contribution is 7.90. The van der Waals surface area contributed by atoms with Gasteiger partial charge in [-0.3, -0.25) is 9.48 Å². The van der Waals surface area contributed by atoms with Crippen LogP contribution in [0.3, 0.4) is 0 Å². The van der Waals surface area contributed by atoms with Gasteiger partial charge in [-0.15, -0.1) is 0 Å². The van der Waals surface area contributed by atoms with Crippen molar-refractivity contribution in [3.63, 3.8) is 0 Å². The van der Waals surface area contributed by atoms with Crippen LogP contribution < -0.4 is 9.64 Å². The first-order valence-corrected chi connectivity index (χ1v) is 13.4. The Balaban J connectivity index is 1.83. The fraction of sp³-hybridized carbons (Fsp3) is 0.524. The lowest BCUT2D eigenvalue weighted by Gasteiger charge is -2.42. The Morgan fingerprint density at radius 1 is 1.26 bits per heavy atom. The Kier molecular flexibility index (Phi) is 8.17. The van der Waals surface area contributed by atoms with Crippen LogP contribution in [0, 0.1) is 6.92 Å². The van der Waals surface area contributed by atoms with Gasteiger partial charge in [0.05, 0.1) is 34.6 Å². The lowest BCUT2D eigenvalue weighted by Crippen LogP contribution is -2.56. The van der Waals surface area contributed by atoms with Gasteiger partial charge in [0.15, 0.2) is 5.69 Å². The second kappa shape index (κ2) is 10.4. The zero-order valence-corrected chi connectivity index (χ0v) is 21.6. The van der Waals surface area contributed by atoms with Crippen LogP contribution in [0.4, 0.5) is 18.9 Å². The van der Waals surface area contributed by atoms with E-state index >= 15 is 0 Å². The zero-order chi connectivity index (χ0) is 26.1. The van der Waals surface area contributed by atoms with Crippen LogP contribution in [0.2, 0.25) is 10.0 Å². The number of rotatable bonds is 7. The van der Waals surface area contributed by atoms with Crippen LogP contribution in [0.25, 0.3) is 0 Å². The standard InChI is InChI=1S/C21H25Cl2F3N4O4S/c1-13-19(23)20(21(24,25)26)27-30(13)12-18(31)29-8-7-28(11-15(29)6-9-35(3,32)33)14-4-5-16(22)17(10-14)34-2/h4-5,10,15H,6-9,11-12H2,1-3H3. The Morgan fingerprint density at radius 3 is 2.51 bits per heavy atom. The summed E-state index contributed by atoms with van der Waals surface area (Å²) in [7, 11) is -1.82. The van der Waals surface area contributed by atoms with Crippen molar-refractivity contribution in [2.45, 2.75) is 32.1 Å². The fourth-order valence-corrected chi connectivity index (χ4v) is 5.08. The molecular formula is C21H25Cl2F3N4O4S. The molecule has 8 nitrogen and oxygen atoms in total. The van der Waals surface area contributed by atoms with E-state index < -0.39 is 45.2 Å². The lowest BCUT2D eigenvalue weighted by atomic mass is 10.1. The van der Waals surface area contributed by atoms with Crippen molar-refractivity contribution in [3.05, 3.63) is 39.6 Å². The summed E-state index contributed by atoms with van der Waals surface area (Å²) in [4.78, 5) is 16.6. The summed E-state index contributed by atoms with van der Waals surface area (Å²) in [5.41, 5.74) is -0.446. The summed E-state index contributed by atoms with van der Waals surface area (Å²) in [6, 6.07) is 4.73. The number of halogens is 5. The molecule has 0 aliphatic carbocycles. The highest BCUT2D eigenvalue weighted by atomic mass is 35.5. The number of amides is 1. The number of anilines is 1. The average molecular weight is 557 g/mol. The molecule has 1 aliphatic rings. The Bertz CT molecular complexity index is 1200. The molecule has 194 valence electrons. The molecule has 1 amide bonds. The second-order valence-corrected chi connectivity index (χ2v) is 11.4. The topological polar surface area (TPSA) is 84.7 Å². The van der Waals surface area contributed by atoms with E-state index in [-0.39, 0.29) is 24.4 Å². The molecule has 1 unspecified atom stereocenters. The van der Waals surface area contributed by atoms with Gasteiger partial charge in [-0.25, -0.2) is 8.42 Å². The molecule has 2 aromatic rings. The van der Waals surface area contributed by atoms with Crippen LogP contribution in [-0.2, 0) is 27.4 Å². The molecule has 3 rings (SSSR count). The molecular weight excluding hydrogens is 532 g/mol. The minimum atomic E-state index is -4.75. The largest absolute Gasteiger partial charge is 0.495 e. The van der Waals surface area contributed by atoms with E-state index in [1.54, 1.807) is 18.2 Å². The van der Waals surface area contributed by atoms with E-state index in [1.165, 1.54) is 18.9 Å². The van der Waals surface area contributed by atoms with Crippen molar-refractivity contribution < 1.29 is 31.1 Å². The normalized spacial score (nSPS) is 17.1. The molecule has 0 bridgehead atoms. The predicted octanol–water partition coefficient (Wildman–Crippen LogP) is 3.68. The van der Waals surface area contributed by atoms with Crippen molar-refractivity contribution >= 4 is 44.6 Å². The zero-order valence-electron chi connectivity index (χ0n) is 19.3. The van der Waals surface area contributed by atoms with E-state index in [9.17, 15) is 26.4 Å². The molecule has 0 radical (unpaired) electrons. The summed E-state index contributed by atoms with van der Waals surface area (Å²) in [5, 5.41) is 3.38. The number of piperazine rings is 1. The number of aromatic nitrogens is 2. The van der Waals surface area contributed by atoms with Crippen LogP contribution in [-0.4, -0.2) is 73.8 Å². The number of carbonyl (C=O) groups is 1. The monoisotopic (exact) mass is 556 g/mol. The molecule has 1 fully saturated rings. The van der Waals surface area contributed by atoms with E-state index in [1.807, 2.05) is 4.90 Å². The Hall–Kier alpha value is -2.18. The highest BCUT2D eigenvalue weighted by Gasteiger charge is 2.39. The first-order chi connectivity index (χ1) is 16.2. The number of benzene rings is 1. The van der Waals surface area contributed by atoms with Crippen molar-refractivity contribution in [1.82, 2.24) is 14.7 Å². The van der Waals surface area contributed by atoms with Crippen molar-refractivity contribution in [1.29, 1.82) is 0 Å². The molecule has 0 spiro atoms. The lowest BCUT2D eigenvalue weighted by molar-refractivity contribution is -0.142. The van der Waals surface area contributed by atoms with Crippen LogP contribution >= 0.6 is 23.2 Å². The molecule has 0 saturated carbocycles. The fourth-order valence-electron chi connectivity index (χ4n) is 3.94. The molecule has 1 aromatic carbocycles. The molecule has 1 saturated heterocycles. The van der Waals surface area contributed by atoms with E-state index in [0.29, 0.717) is 23.9 Å². The molecule has 2 heterocycles. The number of sulfone groups is 1. The first kappa shape index (κ1) is 27.4. The number of methoxy groups -OCH3 is 1. The second-order valence-electron chi connectivity index (χ2n) is 8.33. The van der Waals surface area contributed by atoms with Gasteiger partial charge in [0.2, 0.25) is 5.91 Å². The number of carbonyl (C=O) groups excluding carboxylic acids is 1. The summed E-state index contributed by atoms with van der Waals surface area (Å²) in [5.74, 6) is -0.154. The van der Waals surface area contributed by atoms with Gasteiger partial charge in [-0.2, -0.15) is 18.3 Å². The Labute approximate surface area is 211 Å².